The van der Waals surface area contributed by atoms with Gasteiger partial charge in [0.1, 0.15) is 0 Å². The first kappa shape index (κ1) is 28.9. The molecule has 2 amide bonds. The number of aromatic nitrogens is 3. The van der Waals surface area contributed by atoms with Crippen molar-refractivity contribution in [2.75, 3.05) is 17.7 Å². The van der Waals surface area contributed by atoms with Crippen molar-refractivity contribution >= 4 is 35.2 Å². The third kappa shape index (κ3) is 7.67. The van der Waals surface area contributed by atoms with Crippen LogP contribution in [-0.4, -0.2) is 44.9 Å². The number of hydrogen-bond acceptors (Lipinski definition) is 7. The van der Waals surface area contributed by atoms with Gasteiger partial charge in [-0.25, -0.2) is 4.79 Å². The number of nitrogens with zero attached hydrogens (tertiary/aromatic N) is 3. The number of carbonyl (C=O) groups is 3. The third-order valence-electron chi connectivity index (χ3n) is 5.73. The zero-order valence-electron chi connectivity index (χ0n) is 22.5. The Balaban J connectivity index is 1.67. The van der Waals surface area contributed by atoms with Crippen LogP contribution in [0.2, 0.25) is 0 Å². The quantitative estimate of drug-likeness (QED) is 0.246. The minimum atomic E-state index is -0.421. The molecule has 9 nitrogen and oxygen atoms in total. The van der Waals surface area contributed by atoms with Gasteiger partial charge in [-0.2, -0.15) is 0 Å². The highest BCUT2D eigenvalue weighted by Gasteiger charge is 2.26. The molecule has 202 valence electrons. The molecule has 0 spiro atoms. The molecule has 1 aromatic heterocycles. The van der Waals surface area contributed by atoms with Gasteiger partial charge in [-0.15, -0.1) is 10.2 Å². The van der Waals surface area contributed by atoms with Crippen molar-refractivity contribution < 1.29 is 19.1 Å². The lowest BCUT2D eigenvalue weighted by molar-refractivity contribution is -0.113. The Kier molecular flexibility index (Phi) is 10.5. The maximum atomic E-state index is 12.9. The molecule has 0 fully saturated rings. The fourth-order valence-electron chi connectivity index (χ4n) is 3.80. The van der Waals surface area contributed by atoms with Crippen LogP contribution in [0.15, 0.2) is 53.7 Å². The molecule has 0 saturated carbocycles. The summed E-state index contributed by atoms with van der Waals surface area (Å²) < 4.78 is 7.08. The molecule has 10 heteroatoms. The fourth-order valence-corrected chi connectivity index (χ4v) is 4.61. The average Bonchev–Trinajstić information content (AvgIpc) is 3.31. The van der Waals surface area contributed by atoms with Gasteiger partial charge >= 0.3 is 5.97 Å². The summed E-state index contributed by atoms with van der Waals surface area (Å²) in [6.45, 7) is 10.8. The van der Waals surface area contributed by atoms with Gasteiger partial charge in [0.2, 0.25) is 5.91 Å². The molecule has 1 atom stereocenters. The van der Waals surface area contributed by atoms with Crippen LogP contribution in [0.4, 0.5) is 5.69 Å². The molecule has 0 aliphatic rings. The Morgan fingerprint density at radius 1 is 1.03 bits per heavy atom. The van der Waals surface area contributed by atoms with E-state index in [2.05, 4.69) is 20.8 Å². The Morgan fingerprint density at radius 3 is 2.45 bits per heavy atom. The van der Waals surface area contributed by atoms with Gasteiger partial charge in [0, 0.05) is 17.8 Å². The lowest BCUT2D eigenvalue weighted by atomic mass is 10.0. The maximum Gasteiger partial charge on any atom is 0.338 e. The van der Waals surface area contributed by atoms with Crippen molar-refractivity contribution in [3.8, 4) is 0 Å². The Hall–Kier alpha value is -3.66. The molecule has 0 aliphatic heterocycles. The van der Waals surface area contributed by atoms with E-state index in [1.165, 1.54) is 11.8 Å². The minimum absolute atomic E-state index is 0.0655. The molecule has 0 unspecified atom stereocenters. The van der Waals surface area contributed by atoms with Gasteiger partial charge in [-0.3, -0.25) is 9.59 Å². The zero-order valence-corrected chi connectivity index (χ0v) is 23.3. The van der Waals surface area contributed by atoms with Crippen LogP contribution in [0.5, 0.6) is 0 Å². The van der Waals surface area contributed by atoms with E-state index in [9.17, 15) is 14.4 Å². The normalized spacial score (nSPS) is 11.7. The van der Waals surface area contributed by atoms with Crippen molar-refractivity contribution in [3.05, 3.63) is 71.0 Å². The number of rotatable bonds is 12. The van der Waals surface area contributed by atoms with Gasteiger partial charge in [0.25, 0.3) is 5.91 Å². The number of carbonyl (C=O) groups excluding carboxylic acids is 3. The van der Waals surface area contributed by atoms with Crippen LogP contribution in [0, 0.1) is 12.8 Å². The van der Waals surface area contributed by atoms with Crippen molar-refractivity contribution in [2.45, 2.75) is 58.8 Å². The van der Waals surface area contributed by atoms with Gasteiger partial charge in [0.05, 0.1) is 24.0 Å². The van der Waals surface area contributed by atoms with Gasteiger partial charge in [-0.1, -0.05) is 56.3 Å². The molecule has 3 aromatic rings. The monoisotopic (exact) mass is 537 g/mol. The Morgan fingerprint density at radius 2 is 1.76 bits per heavy atom. The molecule has 0 radical (unpaired) electrons. The first-order valence-corrected chi connectivity index (χ1v) is 13.7. The second-order valence-corrected chi connectivity index (χ2v) is 10.1. The molecule has 0 bridgehead atoms. The van der Waals surface area contributed by atoms with Gasteiger partial charge < -0.3 is 19.9 Å². The highest BCUT2D eigenvalue weighted by molar-refractivity contribution is 7.99. The number of ether oxygens (including phenoxy) is 1. The SMILES string of the molecule is CCCOC(=O)c1cccc(NC(=O)CSc2nnc([C@H](NC(=O)c3cccc(C)c3)C(C)C)n2CC)c1. The Labute approximate surface area is 227 Å². The van der Waals surface area contributed by atoms with Crippen LogP contribution in [0.3, 0.4) is 0 Å². The van der Waals surface area contributed by atoms with Crippen LogP contribution in [0.25, 0.3) is 0 Å². The minimum Gasteiger partial charge on any atom is -0.462 e. The zero-order chi connectivity index (χ0) is 27.7. The van der Waals surface area contributed by atoms with Crippen LogP contribution < -0.4 is 10.6 Å². The third-order valence-corrected chi connectivity index (χ3v) is 6.69. The van der Waals surface area contributed by atoms with E-state index in [1.807, 2.05) is 57.4 Å². The van der Waals surface area contributed by atoms with Crippen molar-refractivity contribution in [1.29, 1.82) is 0 Å². The van der Waals surface area contributed by atoms with Crippen LogP contribution in [0.1, 0.15) is 72.3 Å². The van der Waals surface area contributed by atoms with Gasteiger partial charge in [0.15, 0.2) is 11.0 Å². The van der Waals surface area contributed by atoms with E-state index in [4.69, 9.17) is 4.74 Å². The molecule has 1 heterocycles. The number of hydrogen-bond donors (Lipinski definition) is 2. The van der Waals surface area contributed by atoms with E-state index < -0.39 is 5.97 Å². The highest BCUT2D eigenvalue weighted by atomic mass is 32.2. The lowest BCUT2D eigenvalue weighted by Gasteiger charge is -2.22. The molecule has 3 rings (SSSR count). The van der Waals surface area contributed by atoms with E-state index >= 15 is 0 Å². The summed E-state index contributed by atoms with van der Waals surface area (Å²) in [6, 6.07) is 13.7. The number of nitrogens with one attached hydrogen (secondary N) is 2. The van der Waals surface area contributed by atoms with Gasteiger partial charge in [-0.05, 0) is 56.5 Å². The molecule has 2 aromatic carbocycles. The lowest BCUT2D eigenvalue weighted by Crippen LogP contribution is -2.33. The maximum absolute atomic E-state index is 12.9. The molecule has 0 saturated heterocycles. The molecule has 0 aliphatic carbocycles. The standard InChI is InChI=1S/C28H35N5O4S/c1-6-14-37-27(36)21-12-9-13-22(16-21)29-23(34)17-38-28-32-31-25(33(28)7-2)24(18(3)4)30-26(35)20-11-8-10-19(5)15-20/h8-13,15-16,18,24H,6-7,14,17H2,1-5H3,(H,29,34)(H,30,35)/t24-/m1/s1. The summed E-state index contributed by atoms with van der Waals surface area (Å²) in [5, 5.41) is 15.2. The summed E-state index contributed by atoms with van der Waals surface area (Å²) in [4.78, 5) is 37.7. The summed E-state index contributed by atoms with van der Waals surface area (Å²) in [5.41, 5.74) is 2.49. The van der Waals surface area contributed by atoms with E-state index in [1.54, 1.807) is 30.3 Å². The van der Waals surface area contributed by atoms with Crippen molar-refractivity contribution in [3.63, 3.8) is 0 Å². The number of thioether (sulfide) groups is 1. The second-order valence-electron chi connectivity index (χ2n) is 9.20. The first-order chi connectivity index (χ1) is 18.2. The predicted molar refractivity (Wildman–Crippen MR) is 148 cm³/mol. The summed E-state index contributed by atoms with van der Waals surface area (Å²) >= 11 is 1.26. The Bertz CT molecular complexity index is 1270. The molecule has 38 heavy (non-hydrogen) atoms. The molecular formula is C28H35N5O4S. The number of esters is 1. The molecule has 2 N–H and O–H groups in total. The predicted octanol–water partition coefficient (Wildman–Crippen LogP) is 5.03. The summed E-state index contributed by atoms with van der Waals surface area (Å²) in [5.74, 6) is -0.0256. The number of benzene rings is 2. The second kappa shape index (κ2) is 13.8. The number of amides is 2. The number of aryl methyl sites for hydroxylation is 1. The topological polar surface area (TPSA) is 115 Å². The van der Waals surface area contributed by atoms with E-state index in [0.29, 0.717) is 40.9 Å². The molecular weight excluding hydrogens is 502 g/mol. The van der Waals surface area contributed by atoms with Crippen LogP contribution in [-0.2, 0) is 16.1 Å². The fraction of sp³-hybridized carbons (Fsp3) is 0.393. The van der Waals surface area contributed by atoms with E-state index in [-0.39, 0.29) is 29.5 Å². The first-order valence-electron chi connectivity index (χ1n) is 12.7. The van der Waals surface area contributed by atoms with Crippen molar-refractivity contribution in [1.82, 2.24) is 20.1 Å². The van der Waals surface area contributed by atoms with Crippen molar-refractivity contribution in [2.24, 2.45) is 5.92 Å². The number of anilines is 1. The van der Waals surface area contributed by atoms with E-state index in [0.717, 1.165) is 12.0 Å². The smallest absolute Gasteiger partial charge is 0.338 e. The highest BCUT2D eigenvalue weighted by Crippen LogP contribution is 2.26. The average molecular weight is 538 g/mol. The largest absolute Gasteiger partial charge is 0.462 e. The van der Waals surface area contributed by atoms with Crippen LogP contribution >= 0.6 is 11.8 Å². The summed E-state index contributed by atoms with van der Waals surface area (Å²) in [6.07, 6.45) is 0.737. The summed E-state index contributed by atoms with van der Waals surface area (Å²) in [7, 11) is 0.